The van der Waals surface area contributed by atoms with Crippen LogP contribution in [0, 0.1) is 5.92 Å². The number of aliphatic hydroxyl groups is 1. The fourth-order valence-electron chi connectivity index (χ4n) is 5.56. The zero-order valence-electron chi connectivity index (χ0n) is 27.2. The summed E-state index contributed by atoms with van der Waals surface area (Å²) in [5, 5.41) is 15.1. The van der Waals surface area contributed by atoms with Gasteiger partial charge in [0.2, 0.25) is 10.0 Å². The van der Waals surface area contributed by atoms with E-state index < -0.39 is 28.1 Å². The van der Waals surface area contributed by atoms with E-state index in [1.165, 1.54) is 6.07 Å². The molecule has 4 atom stereocenters. The van der Waals surface area contributed by atoms with Crippen LogP contribution < -0.4 is 14.8 Å². The molecule has 11 nitrogen and oxygen atoms in total. The Morgan fingerprint density at radius 3 is 2.59 bits per heavy atom. The maximum Gasteiger partial charge on any atom is 0.321 e. The Hall–Kier alpha value is -3.87. The van der Waals surface area contributed by atoms with Crippen LogP contribution in [-0.2, 0) is 14.8 Å². The van der Waals surface area contributed by atoms with Gasteiger partial charge in [-0.3, -0.25) is 9.52 Å². The number of urea groups is 1. The molecular formula is C34H46N4O7S. The van der Waals surface area contributed by atoms with Crippen molar-refractivity contribution in [1.29, 1.82) is 0 Å². The monoisotopic (exact) mass is 654 g/mol. The van der Waals surface area contributed by atoms with Crippen LogP contribution in [0.3, 0.4) is 0 Å². The summed E-state index contributed by atoms with van der Waals surface area (Å²) in [6.07, 6.45) is 2.72. The van der Waals surface area contributed by atoms with Gasteiger partial charge in [0.1, 0.15) is 5.75 Å². The second-order valence-electron chi connectivity index (χ2n) is 12.2. The fraction of sp³-hybridized carbons (Fsp3) is 0.471. The minimum absolute atomic E-state index is 0.189. The minimum atomic E-state index is -3.59. The number of fused-ring (bicyclic) bond motifs is 2. The van der Waals surface area contributed by atoms with E-state index in [0.29, 0.717) is 24.5 Å². The lowest BCUT2D eigenvalue weighted by molar-refractivity contribution is -0.0115. The summed E-state index contributed by atoms with van der Waals surface area (Å²) in [6.45, 7) is 6.29. The van der Waals surface area contributed by atoms with E-state index in [0.717, 1.165) is 29.9 Å². The van der Waals surface area contributed by atoms with Crippen LogP contribution in [-0.4, -0.2) is 93.1 Å². The molecule has 3 aromatic carbocycles. The van der Waals surface area contributed by atoms with Crippen molar-refractivity contribution in [3.63, 3.8) is 0 Å². The van der Waals surface area contributed by atoms with Crippen LogP contribution in [0.25, 0.3) is 10.8 Å². The molecule has 0 aromatic heterocycles. The molecule has 1 aliphatic rings. The van der Waals surface area contributed by atoms with Gasteiger partial charge in [-0.15, -0.1) is 0 Å². The molecule has 0 bridgehead atoms. The molecule has 0 unspecified atom stereocenters. The molecule has 250 valence electrons. The number of sulfonamides is 1. The molecule has 12 heteroatoms. The average molecular weight is 655 g/mol. The average Bonchev–Trinajstić information content (AvgIpc) is 3.01. The van der Waals surface area contributed by atoms with Crippen molar-refractivity contribution in [3.8, 4) is 5.75 Å². The van der Waals surface area contributed by atoms with E-state index in [9.17, 15) is 23.1 Å². The Morgan fingerprint density at radius 1 is 1.11 bits per heavy atom. The van der Waals surface area contributed by atoms with Crippen LogP contribution in [0.4, 0.5) is 16.2 Å². The summed E-state index contributed by atoms with van der Waals surface area (Å²) in [4.78, 5) is 30.7. The second-order valence-corrected chi connectivity index (χ2v) is 14.0. The Bertz CT molecular complexity index is 1610. The Morgan fingerprint density at radius 2 is 1.85 bits per heavy atom. The highest BCUT2D eigenvalue weighted by atomic mass is 32.2. The molecular weight excluding hydrogens is 608 g/mol. The van der Waals surface area contributed by atoms with E-state index in [1.54, 1.807) is 35.9 Å². The topological polar surface area (TPSA) is 138 Å². The molecule has 1 aliphatic heterocycles. The lowest BCUT2D eigenvalue weighted by Gasteiger charge is -2.35. The van der Waals surface area contributed by atoms with Gasteiger partial charge < -0.3 is 29.7 Å². The quantitative estimate of drug-likeness (QED) is 0.320. The number of amides is 3. The van der Waals surface area contributed by atoms with Crippen LogP contribution in [0.15, 0.2) is 60.7 Å². The first-order chi connectivity index (χ1) is 21.9. The largest absolute Gasteiger partial charge is 0.490 e. The van der Waals surface area contributed by atoms with Gasteiger partial charge in [-0.2, -0.15) is 0 Å². The van der Waals surface area contributed by atoms with Gasteiger partial charge in [0.15, 0.2) is 0 Å². The number of ether oxygens (including phenoxy) is 2. The summed E-state index contributed by atoms with van der Waals surface area (Å²) in [5.74, 6) is -0.311. The molecule has 0 radical (unpaired) electrons. The SMILES string of the molecule is C[C@@H]1CCCCO[C@@H](CN(C)C(=O)Nc2cccc3ccccc23)[C@@H](C)CN([C@H](C)CO)C(=O)c2cc(NS(C)(=O)=O)ccc2O1. The number of nitrogens with one attached hydrogen (secondary N) is 2. The third kappa shape index (κ3) is 9.34. The number of anilines is 2. The molecule has 0 spiro atoms. The number of hydrogen-bond acceptors (Lipinski definition) is 7. The maximum absolute atomic E-state index is 14.2. The summed E-state index contributed by atoms with van der Waals surface area (Å²) in [5.41, 5.74) is 1.13. The first kappa shape index (κ1) is 35.0. The Labute approximate surface area is 271 Å². The van der Waals surface area contributed by atoms with Crippen molar-refractivity contribution in [2.24, 2.45) is 5.92 Å². The molecule has 0 aliphatic carbocycles. The zero-order chi connectivity index (χ0) is 33.4. The highest BCUT2D eigenvalue weighted by molar-refractivity contribution is 7.92. The molecule has 0 fully saturated rings. The van der Waals surface area contributed by atoms with Gasteiger partial charge in [0.25, 0.3) is 5.91 Å². The van der Waals surface area contributed by atoms with Crippen LogP contribution >= 0.6 is 0 Å². The predicted octanol–water partition coefficient (Wildman–Crippen LogP) is 5.17. The third-order valence-electron chi connectivity index (χ3n) is 8.19. The molecule has 3 N–H and O–H groups in total. The smallest absolute Gasteiger partial charge is 0.321 e. The number of nitrogens with zero attached hydrogens (tertiary/aromatic N) is 2. The van der Waals surface area contributed by atoms with Crippen molar-refractivity contribution in [2.45, 2.75) is 58.3 Å². The molecule has 4 rings (SSSR count). The lowest BCUT2D eigenvalue weighted by atomic mass is 10.0. The van der Waals surface area contributed by atoms with E-state index in [-0.39, 0.29) is 49.0 Å². The van der Waals surface area contributed by atoms with Gasteiger partial charge in [0.05, 0.1) is 42.4 Å². The number of carbonyl (C=O) groups is 2. The molecule has 3 amide bonds. The third-order valence-corrected chi connectivity index (χ3v) is 8.79. The number of likely N-dealkylation sites (N-methyl/N-ethyl adjacent to an activating group) is 1. The molecule has 0 saturated heterocycles. The van der Waals surface area contributed by atoms with Crippen LogP contribution in [0.2, 0.25) is 0 Å². The summed E-state index contributed by atoms with van der Waals surface area (Å²) in [7, 11) is -1.88. The van der Waals surface area contributed by atoms with E-state index in [4.69, 9.17) is 9.47 Å². The minimum Gasteiger partial charge on any atom is -0.490 e. The predicted molar refractivity (Wildman–Crippen MR) is 181 cm³/mol. The zero-order valence-corrected chi connectivity index (χ0v) is 28.0. The van der Waals surface area contributed by atoms with Gasteiger partial charge in [0, 0.05) is 43.7 Å². The van der Waals surface area contributed by atoms with E-state index in [2.05, 4.69) is 10.0 Å². The maximum atomic E-state index is 14.2. The summed E-state index contributed by atoms with van der Waals surface area (Å²) >= 11 is 0. The fourth-order valence-corrected chi connectivity index (χ4v) is 6.12. The van der Waals surface area contributed by atoms with Gasteiger partial charge in [-0.05, 0) is 62.8 Å². The lowest BCUT2D eigenvalue weighted by Crippen LogP contribution is -2.48. The number of carbonyl (C=O) groups excluding carboxylic acids is 2. The van der Waals surface area contributed by atoms with E-state index in [1.807, 2.05) is 56.3 Å². The van der Waals surface area contributed by atoms with E-state index >= 15 is 0 Å². The van der Waals surface area contributed by atoms with Crippen molar-refractivity contribution >= 4 is 44.1 Å². The molecule has 46 heavy (non-hydrogen) atoms. The van der Waals surface area contributed by atoms with Crippen molar-refractivity contribution in [3.05, 3.63) is 66.2 Å². The van der Waals surface area contributed by atoms with Crippen molar-refractivity contribution in [1.82, 2.24) is 9.80 Å². The number of benzene rings is 3. The van der Waals surface area contributed by atoms with Crippen molar-refractivity contribution in [2.75, 3.05) is 49.6 Å². The second kappa shape index (κ2) is 15.6. The molecule has 0 saturated carbocycles. The van der Waals surface area contributed by atoms with Crippen LogP contribution in [0.5, 0.6) is 5.75 Å². The number of hydrogen-bond donors (Lipinski definition) is 3. The van der Waals surface area contributed by atoms with Crippen molar-refractivity contribution < 1.29 is 32.6 Å². The van der Waals surface area contributed by atoms with Gasteiger partial charge >= 0.3 is 6.03 Å². The summed E-state index contributed by atoms with van der Waals surface area (Å²) < 4.78 is 38.9. The first-order valence-electron chi connectivity index (χ1n) is 15.7. The Balaban J connectivity index is 1.60. The number of aliphatic hydroxyl groups excluding tert-OH is 1. The Kier molecular flexibility index (Phi) is 11.9. The summed E-state index contributed by atoms with van der Waals surface area (Å²) in [6, 6.07) is 17.4. The standard InChI is InChI=1S/C34H46N4O7S/c1-23-20-38(24(2)22-39)33(40)29-19-27(36-46(5,42)43)16-17-31(29)45-25(3)11-8-9-18-44-32(23)21-37(4)34(41)35-30-15-10-13-26-12-6-7-14-28(26)30/h6-7,10,12-17,19,23-25,32,36,39H,8-9,11,18,20-22H2,1-5H3,(H,35,41)/t23-,24+,25+,32-/m0/s1. The van der Waals surface area contributed by atoms with Gasteiger partial charge in [-0.25, -0.2) is 13.2 Å². The normalized spacial score (nSPS) is 20.6. The highest BCUT2D eigenvalue weighted by Gasteiger charge is 2.31. The first-order valence-corrected chi connectivity index (χ1v) is 17.6. The van der Waals surface area contributed by atoms with Crippen LogP contribution in [0.1, 0.15) is 50.4 Å². The molecule has 3 aromatic rings. The van der Waals surface area contributed by atoms with Gasteiger partial charge in [-0.1, -0.05) is 43.3 Å². The number of rotatable bonds is 7. The molecule has 1 heterocycles. The highest BCUT2D eigenvalue weighted by Crippen LogP contribution is 2.29.